The maximum Gasteiger partial charge on any atom is 0.306 e. The molecule has 1 aromatic heterocycles. The number of carbonyl (C=O) groups excluding carboxylic acids is 2. The summed E-state index contributed by atoms with van der Waals surface area (Å²) < 4.78 is 11.7. The number of nitrogens with zero attached hydrogens (tertiary/aromatic N) is 3. The molecular formula is C34H38Cl2N4O6. The minimum atomic E-state index is -0.742. The third kappa shape index (κ3) is 7.16. The predicted octanol–water partition coefficient (Wildman–Crippen LogP) is 5.30. The number of ether oxygens (including phenoxy) is 2. The standard InChI is InChI=1S/C34H38Cl2N4O6/c1-45-26-17-39(18-26)23-14-24(19-46-25-8-6-21(7-9-25)34(43)44)40(16-23)31(41)13-22-12-29(36)30(15-28(22)35)38-33(42)32-27-5-3-2-4-20(27)10-11-37-32/h2-5,10-12,15,21,23-26H,6-9,13-14,16-19H2,1H3,(H,38,42)(H,43,44)/t21-,23-,24?,25-/m0/s1. The van der Waals surface area contributed by atoms with E-state index >= 15 is 0 Å². The van der Waals surface area contributed by atoms with E-state index in [2.05, 4.69) is 15.2 Å². The van der Waals surface area contributed by atoms with Crippen molar-refractivity contribution in [3.05, 3.63) is 70.0 Å². The largest absolute Gasteiger partial charge is 0.481 e. The van der Waals surface area contributed by atoms with Gasteiger partial charge >= 0.3 is 5.97 Å². The quantitative estimate of drug-likeness (QED) is 0.299. The van der Waals surface area contributed by atoms with Crippen molar-refractivity contribution in [2.45, 2.75) is 62.8 Å². The smallest absolute Gasteiger partial charge is 0.306 e. The van der Waals surface area contributed by atoms with Crippen LogP contribution in [-0.4, -0.2) is 95.3 Å². The van der Waals surface area contributed by atoms with Gasteiger partial charge in [0.1, 0.15) is 5.69 Å². The molecule has 0 radical (unpaired) electrons. The Morgan fingerprint density at radius 1 is 1.00 bits per heavy atom. The van der Waals surface area contributed by atoms with Crippen LogP contribution in [0.4, 0.5) is 5.69 Å². The molecule has 2 aliphatic heterocycles. The topological polar surface area (TPSA) is 121 Å². The molecular weight excluding hydrogens is 631 g/mol. The van der Waals surface area contributed by atoms with Gasteiger partial charge in [0.15, 0.2) is 0 Å². The number of methoxy groups -OCH3 is 1. The second-order valence-electron chi connectivity index (χ2n) is 12.5. The number of carbonyl (C=O) groups is 3. The van der Waals surface area contributed by atoms with Gasteiger partial charge in [-0.25, -0.2) is 0 Å². The van der Waals surface area contributed by atoms with E-state index < -0.39 is 11.9 Å². The second kappa shape index (κ2) is 14.2. The van der Waals surface area contributed by atoms with E-state index in [9.17, 15) is 19.5 Å². The summed E-state index contributed by atoms with van der Waals surface area (Å²) in [5.41, 5.74) is 1.17. The minimum absolute atomic E-state index is 0.00596. The number of amides is 2. The number of pyridine rings is 1. The Kier molecular flexibility index (Phi) is 10.1. The second-order valence-corrected chi connectivity index (χ2v) is 13.3. The molecule has 2 N–H and O–H groups in total. The van der Waals surface area contributed by atoms with Gasteiger partial charge in [0.25, 0.3) is 5.91 Å². The Labute approximate surface area is 277 Å². The van der Waals surface area contributed by atoms with Crippen LogP contribution in [-0.2, 0) is 25.5 Å². The number of hydrogen-bond acceptors (Lipinski definition) is 7. The van der Waals surface area contributed by atoms with E-state index in [0.29, 0.717) is 55.1 Å². The molecule has 3 aliphatic rings. The fourth-order valence-corrected chi connectivity index (χ4v) is 7.29. The lowest BCUT2D eigenvalue weighted by Gasteiger charge is -2.42. The van der Waals surface area contributed by atoms with E-state index in [4.69, 9.17) is 32.7 Å². The highest BCUT2D eigenvalue weighted by Crippen LogP contribution is 2.33. The molecule has 2 amide bonds. The zero-order chi connectivity index (χ0) is 32.4. The molecule has 3 heterocycles. The summed E-state index contributed by atoms with van der Waals surface area (Å²) in [5.74, 6) is -1.54. The molecule has 244 valence electrons. The van der Waals surface area contributed by atoms with E-state index in [0.717, 1.165) is 30.3 Å². The average molecular weight is 670 g/mol. The maximum atomic E-state index is 13.8. The summed E-state index contributed by atoms with van der Waals surface area (Å²) in [5, 5.41) is 14.4. The Hall–Kier alpha value is -3.28. The summed E-state index contributed by atoms with van der Waals surface area (Å²) in [6.07, 6.45) is 5.25. The first kappa shape index (κ1) is 32.7. The SMILES string of the molecule is COC1CN([C@H]2CC(CO[C@H]3CC[C@H](C(=O)O)CC3)N(C(=O)Cc3cc(Cl)c(NC(=O)c4nccc5ccccc45)cc3Cl)C2)C1. The lowest BCUT2D eigenvalue weighted by molar-refractivity contribution is -0.144. The van der Waals surface area contributed by atoms with Crippen LogP contribution in [0.15, 0.2) is 48.7 Å². The summed E-state index contributed by atoms with van der Waals surface area (Å²) in [6.45, 7) is 2.64. The van der Waals surface area contributed by atoms with Gasteiger partial charge in [-0.15, -0.1) is 0 Å². The highest BCUT2D eigenvalue weighted by atomic mass is 35.5. The summed E-state index contributed by atoms with van der Waals surface area (Å²) in [4.78, 5) is 46.8. The van der Waals surface area contributed by atoms with Gasteiger partial charge in [-0.3, -0.25) is 24.3 Å². The summed E-state index contributed by atoms with van der Waals surface area (Å²) in [7, 11) is 1.72. The van der Waals surface area contributed by atoms with Gasteiger partial charge in [-0.05, 0) is 61.3 Å². The van der Waals surface area contributed by atoms with Crippen molar-refractivity contribution >= 4 is 57.4 Å². The zero-order valence-electron chi connectivity index (χ0n) is 25.7. The number of aliphatic carboxylic acids is 1. The number of likely N-dealkylation sites (tertiary alicyclic amines) is 2. The number of benzene rings is 2. The van der Waals surface area contributed by atoms with E-state index in [1.165, 1.54) is 0 Å². The molecule has 12 heteroatoms. The number of rotatable bonds is 10. The molecule has 0 spiro atoms. The normalized spacial score (nSPS) is 23.8. The molecule has 3 aromatic rings. The van der Waals surface area contributed by atoms with Crippen LogP contribution in [0.25, 0.3) is 10.8 Å². The lowest BCUT2D eigenvalue weighted by atomic mass is 9.87. The van der Waals surface area contributed by atoms with Crippen molar-refractivity contribution in [2.24, 2.45) is 5.92 Å². The first-order valence-corrected chi connectivity index (χ1v) is 16.5. The van der Waals surface area contributed by atoms with Gasteiger partial charge < -0.3 is 24.8 Å². The number of nitrogens with one attached hydrogen (secondary N) is 1. The van der Waals surface area contributed by atoms with Crippen LogP contribution in [0, 0.1) is 5.92 Å². The van der Waals surface area contributed by atoms with Gasteiger partial charge in [0.2, 0.25) is 5.91 Å². The maximum absolute atomic E-state index is 13.8. The van der Waals surface area contributed by atoms with E-state index in [1.807, 2.05) is 35.2 Å². The molecule has 1 saturated carbocycles. The molecule has 3 fully saturated rings. The highest BCUT2D eigenvalue weighted by Gasteiger charge is 2.42. The predicted molar refractivity (Wildman–Crippen MR) is 175 cm³/mol. The molecule has 10 nitrogen and oxygen atoms in total. The molecule has 46 heavy (non-hydrogen) atoms. The number of hydrogen-bond donors (Lipinski definition) is 2. The van der Waals surface area contributed by atoms with Crippen molar-refractivity contribution in [3.8, 4) is 0 Å². The number of carboxylic acid groups (broad SMARTS) is 1. The molecule has 6 rings (SSSR count). The minimum Gasteiger partial charge on any atom is -0.481 e. The molecule has 2 atom stereocenters. The molecule has 1 unspecified atom stereocenters. The van der Waals surface area contributed by atoms with Crippen molar-refractivity contribution in [1.29, 1.82) is 0 Å². The number of aromatic nitrogens is 1. The number of anilines is 1. The van der Waals surface area contributed by atoms with Crippen LogP contribution in [0.3, 0.4) is 0 Å². The van der Waals surface area contributed by atoms with Gasteiger partial charge in [-0.2, -0.15) is 0 Å². The van der Waals surface area contributed by atoms with Crippen molar-refractivity contribution in [3.63, 3.8) is 0 Å². The van der Waals surface area contributed by atoms with Gasteiger partial charge in [0.05, 0.1) is 47.9 Å². The lowest BCUT2D eigenvalue weighted by Crippen LogP contribution is -2.56. The third-order valence-electron chi connectivity index (χ3n) is 9.60. The molecule has 2 saturated heterocycles. The first-order valence-electron chi connectivity index (χ1n) is 15.7. The third-order valence-corrected chi connectivity index (χ3v) is 10.3. The number of fused-ring (bicyclic) bond motifs is 1. The van der Waals surface area contributed by atoms with Crippen LogP contribution < -0.4 is 5.32 Å². The molecule has 2 aromatic carbocycles. The Bertz CT molecular complexity index is 1600. The van der Waals surface area contributed by atoms with Gasteiger partial charge in [-0.1, -0.05) is 47.5 Å². The van der Waals surface area contributed by atoms with Crippen molar-refractivity contribution in [2.75, 3.05) is 38.7 Å². The van der Waals surface area contributed by atoms with E-state index in [1.54, 1.807) is 25.4 Å². The fourth-order valence-electron chi connectivity index (χ4n) is 6.83. The van der Waals surface area contributed by atoms with Crippen LogP contribution in [0.5, 0.6) is 0 Å². The van der Waals surface area contributed by atoms with Crippen LogP contribution >= 0.6 is 23.2 Å². The zero-order valence-corrected chi connectivity index (χ0v) is 27.2. The number of halogens is 2. The summed E-state index contributed by atoms with van der Waals surface area (Å²) in [6, 6.07) is 12.6. The Balaban J connectivity index is 1.12. The van der Waals surface area contributed by atoms with E-state index in [-0.39, 0.29) is 53.3 Å². The van der Waals surface area contributed by atoms with Crippen LogP contribution in [0.1, 0.15) is 48.2 Å². The highest BCUT2D eigenvalue weighted by molar-refractivity contribution is 6.36. The summed E-state index contributed by atoms with van der Waals surface area (Å²) >= 11 is 13.3. The first-order chi connectivity index (χ1) is 22.2. The fraction of sp³-hybridized carbons (Fsp3) is 0.471. The molecule has 1 aliphatic carbocycles. The monoisotopic (exact) mass is 668 g/mol. The van der Waals surface area contributed by atoms with Gasteiger partial charge in [0, 0.05) is 49.4 Å². The van der Waals surface area contributed by atoms with Crippen molar-refractivity contribution < 1.29 is 29.0 Å². The number of carboxylic acids is 1. The molecule has 0 bridgehead atoms. The van der Waals surface area contributed by atoms with Crippen LogP contribution in [0.2, 0.25) is 10.0 Å². The average Bonchev–Trinajstić information content (AvgIpc) is 3.45. The Morgan fingerprint density at radius 3 is 2.50 bits per heavy atom. The van der Waals surface area contributed by atoms with Crippen molar-refractivity contribution in [1.82, 2.24) is 14.8 Å². The Morgan fingerprint density at radius 2 is 1.76 bits per heavy atom.